The van der Waals surface area contributed by atoms with Gasteiger partial charge in [-0.05, 0) is 32.3 Å². The van der Waals surface area contributed by atoms with Crippen LogP contribution in [-0.4, -0.2) is 15.2 Å². The number of halogens is 1. The van der Waals surface area contributed by atoms with Crippen molar-refractivity contribution < 1.29 is 4.84 Å². The Bertz CT molecular complexity index is 387. The van der Waals surface area contributed by atoms with Gasteiger partial charge in [0.1, 0.15) is 4.61 Å². The van der Waals surface area contributed by atoms with Gasteiger partial charge in [-0.3, -0.25) is 8.40 Å². The lowest BCUT2D eigenvalue weighted by atomic mass is 9.92. The van der Waals surface area contributed by atoms with Crippen LogP contribution in [0.2, 0.25) is 0 Å². The van der Waals surface area contributed by atoms with Gasteiger partial charge in [-0.15, -0.1) is 0 Å². The molecule has 0 saturated carbocycles. The van der Waals surface area contributed by atoms with E-state index in [9.17, 15) is 0 Å². The highest BCUT2D eigenvalue weighted by Gasteiger charge is 2.33. The normalized spacial score (nSPS) is 14.1. The van der Waals surface area contributed by atoms with Crippen molar-refractivity contribution in [3.05, 3.63) is 35.9 Å². The number of nitrogens with zero attached hydrogens (tertiary/aromatic N) is 1. The molecule has 1 rings (SSSR count). The summed E-state index contributed by atoms with van der Waals surface area (Å²) >= 11 is -0.604. The monoisotopic (exact) mass is 376 g/mol. The molecule has 0 aliphatic heterocycles. The van der Waals surface area contributed by atoms with Crippen molar-refractivity contribution in [3.63, 3.8) is 0 Å². The van der Waals surface area contributed by atoms with Gasteiger partial charge in [0.05, 0.1) is 6.04 Å². The van der Waals surface area contributed by atoms with Crippen LogP contribution in [0.1, 0.15) is 46.2 Å². The molecule has 0 radical (unpaired) electrons. The molecule has 0 bridgehead atoms. The third-order valence-corrected chi connectivity index (χ3v) is 3.52. The van der Waals surface area contributed by atoms with Crippen LogP contribution in [-0.2, 0) is 4.84 Å². The first-order valence-corrected chi connectivity index (χ1v) is 9.20. The van der Waals surface area contributed by atoms with E-state index in [1.165, 1.54) is 5.56 Å². The van der Waals surface area contributed by atoms with Crippen LogP contribution in [0.15, 0.2) is 30.3 Å². The molecule has 108 valence electrons. The van der Waals surface area contributed by atoms with Crippen molar-refractivity contribution in [1.82, 2.24) is 5.06 Å². The molecular weight excluding hydrogens is 351 g/mol. The van der Waals surface area contributed by atoms with Crippen LogP contribution in [0.4, 0.5) is 0 Å². The van der Waals surface area contributed by atoms with E-state index in [0.717, 1.165) is 0 Å². The second kappa shape index (κ2) is 7.45. The summed E-state index contributed by atoms with van der Waals surface area (Å²) < 4.78 is 7.96. The number of nitrogens with one attached hydrogen (secondary N) is 1. The molecule has 0 fully saturated rings. The first-order chi connectivity index (χ1) is 8.88. The van der Waals surface area contributed by atoms with Crippen LogP contribution < -0.4 is 0 Å². The summed E-state index contributed by atoms with van der Waals surface area (Å²) in [6.45, 7) is 10.9. The van der Waals surface area contributed by atoms with E-state index >= 15 is 0 Å². The summed E-state index contributed by atoms with van der Waals surface area (Å²) in [5.74, 6) is 0.450. The number of hydrogen-bond donors (Lipinski definition) is 1. The highest BCUT2D eigenvalue weighted by atomic mass is 127. The van der Waals surface area contributed by atoms with Crippen molar-refractivity contribution in [2.24, 2.45) is 5.92 Å². The first kappa shape index (κ1) is 16.7. The van der Waals surface area contributed by atoms with Gasteiger partial charge in [0, 0.05) is 26.6 Å². The zero-order chi connectivity index (χ0) is 14.5. The number of benzene rings is 1. The van der Waals surface area contributed by atoms with Crippen molar-refractivity contribution in [1.29, 1.82) is 3.56 Å². The average Bonchev–Trinajstić information content (AvgIpc) is 2.33. The Morgan fingerprint density at radius 2 is 1.79 bits per heavy atom. The maximum absolute atomic E-state index is 7.41. The maximum atomic E-state index is 7.41. The summed E-state index contributed by atoms with van der Waals surface area (Å²) in [4.78, 5) is 5.93. The standard InChI is InChI=1S/C15H25IN2O/c1-12(2)14(13-9-7-6-8-10-13)18(15(3,4)5)19-11-16-17/h6-10,12,14,17H,11H2,1-5H3. The molecule has 1 aromatic rings. The topological polar surface area (TPSA) is 36.3 Å². The molecule has 0 amide bonds. The fourth-order valence-electron chi connectivity index (χ4n) is 2.21. The van der Waals surface area contributed by atoms with Crippen molar-refractivity contribution >= 4 is 21.0 Å². The van der Waals surface area contributed by atoms with E-state index < -0.39 is 21.0 Å². The minimum absolute atomic E-state index is 0.0797. The highest BCUT2D eigenvalue weighted by molar-refractivity contribution is 14.1. The van der Waals surface area contributed by atoms with E-state index in [-0.39, 0.29) is 11.6 Å². The molecular formula is C15H25IN2O. The van der Waals surface area contributed by atoms with Gasteiger partial charge < -0.3 is 0 Å². The molecule has 0 heterocycles. The summed E-state index contributed by atoms with van der Waals surface area (Å²) in [6.07, 6.45) is 0. The van der Waals surface area contributed by atoms with E-state index in [1.807, 2.05) is 6.07 Å². The Hall–Kier alpha value is -0.330. The lowest BCUT2D eigenvalue weighted by molar-refractivity contribution is -0.228. The minimum atomic E-state index is -0.604. The molecule has 1 aromatic carbocycles. The van der Waals surface area contributed by atoms with Crippen LogP contribution >= 0.6 is 21.0 Å². The van der Waals surface area contributed by atoms with Crippen molar-refractivity contribution in [2.75, 3.05) is 4.61 Å². The predicted molar refractivity (Wildman–Crippen MR) is 88.3 cm³/mol. The van der Waals surface area contributed by atoms with Gasteiger partial charge in [0.25, 0.3) is 0 Å². The Labute approximate surface area is 127 Å². The van der Waals surface area contributed by atoms with Crippen LogP contribution in [0.5, 0.6) is 0 Å². The van der Waals surface area contributed by atoms with Gasteiger partial charge in [0.2, 0.25) is 0 Å². The molecule has 3 nitrogen and oxygen atoms in total. The van der Waals surface area contributed by atoms with E-state index in [0.29, 0.717) is 10.5 Å². The lowest BCUT2D eigenvalue weighted by Crippen LogP contribution is -2.45. The molecule has 0 aliphatic rings. The second-order valence-corrected chi connectivity index (χ2v) is 7.35. The predicted octanol–water partition coefficient (Wildman–Crippen LogP) is 5.11. The molecule has 0 spiro atoms. The van der Waals surface area contributed by atoms with Gasteiger partial charge in [-0.1, -0.05) is 44.2 Å². The Morgan fingerprint density at radius 3 is 2.21 bits per heavy atom. The highest BCUT2D eigenvalue weighted by Crippen LogP contribution is 2.34. The number of hydrogen-bond acceptors (Lipinski definition) is 3. The summed E-state index contributed by atoms with van der Waals surface area (Å²) in [6, 6.07) is 10.7. The SMILES string of the molecule is CC(C)C(c1ccccc1)N(OCI=N)C(C)(C)C. The zero-order valence-corrected chi connectivity index (χ0v) is 14.6. The molecule has 1 atom stereocenters. The Balaban J connectivity index is 3.09. The van der Waals surface area contributed by atoms with Gasteiger partial charge in [-0.25, -0.2) is 0 Å². The van der Waals surface area contributed by atoms with Crippen LogP contribution in [0, 0.1) is 9.48 Å². The third-order valence-electron chi connectivity index (χ3n) is 2.93. The fourth-order valence-corrected chi connectivity index (χ4v) is 2.65. The summed E-state index contributed by atoms with van der Waals surface area (Å²) in [5, 5.41) is 2.08. The molecule has 1 N–H and O–H groups in total. The van der Waals surface area contributed by atoms with Gasteiger partial charge in [-0.2, -0.15) is 5.06 Å². The van der Waals surface area contributed by atoms with Crippen molar-refractivity contribution in [3.8, 4) is 0 Å². The summed E-state index contributed by atoms with van der Waals surface area (Å²) in [7, 11) is 0. The van der Waals surface area contributed by atoms with Crippen molar-refractivity contribution in [2.45, 2.75) is 46.2 Å². The average molecular weight is 376 g/mol. The molecule has 0 aliphatic carbocycles. The molecule has 0 aromatic heterocycles. The summed E-state index contributed by atoms with van der Waals surface area (Å²) in [5.41, 5.74) is 1.19. The zero-order valence-electron chi connectivity index (χ0n) is 12.5. The third kappa shape index (κ3) is 4.93. The quantitative estimate of drug-likeness (QED) is 0.426. The molecule has 19 heavy (non-hydrogen) atoms. The number of rotatable bonds is 6. The van der Waals surface area contributed by atoms with E-state index in [4.69, 9.17) is 8.40 Å². The van der Waals surface area contributed by atoms with Crippen LogP contribution in [0.25, 0.3) is 0 Å². The molecule has 0 saturated heterocycles. The van der Waals surface area contributed by atoms with E-state index in [2.05, 4.69) is 63.9 Å². The minimum Gasteiger partial charge on any atom is -0.286 e. The maximum Gasteiger partial charge on any atom is 0.131 e. The Morgan fingerprint density at radius 1 is 1.21 bits per heavy atom. The Kier molecular flexibility index (Phi) is 6.56. The second-order valence-electron chi connectivity index (χ2n) is 5.97. The first-order valence-electron chi connectivity index (χ1n) is 6.60. The lowest BCUT2D eigenvalue weighted by Gasteiger charge is -2.42. The molecule has 1 unspecified atom stereocenters. The molecule has 4 heteroatoms. The number of alkyl halides is 1. The van der Waals surface area contributed by atoms with Crippen LogP contribution in [0.3, 0.4) is 0 Å². The number of hydroxylamine groups is 2. The fraction of sp³-hybridized carbons (Fsp3) is 0.600. The smallest absolute Gasteiger partial charge is 0.131 e. The van der Waals surface area contributed by atoms with Gasteiger partial charge >= 0.3 is 0 Å². The van der Waals surface area contributed by atoms with Gasteiger partial charge in [0.15, 0.2) is 0 Å². The largest absolute Gasteiger partial charge is 0.286 e. The van der Waals surface area contributed by atoms with E-state index in [1.54, 1.807) is 0 Å².